The summed E-state index contributed by atoms with van der Waals surface area (Å²) in [4.78, 5) is 0. The van der Waals surface area contributed by atoms with Crippen LogP contribution < -0.4 is 0 Å². The molecule has 0 aliphatic carbocycles. The second-order valence-electron chi connectivity index (χ2n) is 6.80. The van der Waals surface area contributed by atoms with Gasteiger partial charge in [0.2, 0.25) is 0 Å². The van der Waals surface area contributed by atoms with Gasteiger partial charge in [-0.3, -0.25) is 5.01 Å². The van der Waals surface area contributed by atoms with Crippen molar-refractivity contribution < 1.29 is 0 Å². The van der Waals surface area contributed by atoms with Gasteiger partial charge < -0.3 is 0 Å². The van der Waals surface area contributed by atoms with Gasteiger partial charge in [-0.2, -0.15) is 5.10 Å². The lowest BCUT2D eigenvalue weighted by molar-refractivity contribution is 0.281. The average Bonchev–Trinajstić information content (AvgIpc) is 2.58. The zero-order valence-corrected chi connectivity index (χ0v) is 16.8. The molecule has 25 heavy (non-hydrogen) atoms. The van der Waals surface area contributed by atoms with Crippen LogP contribution in [0, 0.1) is 12.8 Å². The van der Waals surface area contributed by atoms with Gasteiger partial charge in [0.1, 0.15) is 0 Å². The van der Waals surface area contributed by atoms with Gasteiger partial charge >= 0.3 is 0 Å². The van der Waals surface area contributed by atoms with E-state index < -0.39 is 0 Å². The largest absolute Gasteiger partial charge is 0.267 e. The van der Waals surface area contributed by atoms with E-state index in [0.717, 1.165) is 6.42 Å². The van der Waals surface area contributed by atoms with Crippen LogP contribution in [-0.4, -0.2) is 17.8 Å². The Hall–Kier alpha value is -2.09. The molecular formula is C23H34N2. The van der Waals surface area contributed by atoms with Crippen molar-refractivity contribution in [1.29, 1.82) is 0 Å². The van der Waals surface area contributed by atoms with E-state index in [0.29, 0.717) is 0 Å². The molecule has 0 bridgehead atoms. The Morgan fingerprint density at radius 1 is 1.20 bits per heavy atom. The molecule has 1 rings (SSSR count). The van der Waals surface area contributed by atoms with Gasteiger partial charge in [0, 0.05) is 24.4 Å². The molecule has 0 saturated carbocycles. The molecule has 0 fully saturated rings. The van der Waals surface area contributed by atoms with Crippen molar-refractivity contribution in [2.45, 2.75) is 60.4 Å². The Morgan fingerprint density at radius 2 is 1.88 bits per heavy atom. The van der Waals surface area contributed by atoms with Gasteiger partial charge in [-0.05, 0) is 50.8 Å². The maximum atomic E-state index is 4.32. The molecule has 136 valence electrons. The third-order valence-corrected chi connectivity index (χ3v) is 4.36. The van der Waals surface area contributed by atoms with E-state index >= 15 is 0 Å². The van der Waals surface area contributed by atoms with Crippen molar-refractivity contribution in [3.8, 4) is 0 Å². The molecule has 0 heterocycles. The molecule has 0 aromatic heterocycles. The van der Waals surface area contributed by atoms with Crippen molar-refractivity contribution in [3.05, 3.63) is 65.4 Å². The zero-order valence-electron chi connectivity index (χ0n) is 16.8. The third kappa shape index (κ3) is 6.04. The van der Waals surface area contributed by atoms with E-state index in [2.05, 4.69) is 102 Å². The highest BCUT2D eigenvalue weighted by atomic mass is 15.5. The number of rotatable bonds is 9. The van der Waals surface area contributed by atoms with E-state index in [4.69, 9.17) is 0 Å². The first kappa shape index (κ1) is 21.0. The maximum absolute atomic E-state index is 4.32. The van der Waals surface area contributed by atoms with Gasteiger partial charge in [0.05, 0.1) is 0 Å². The summed E-state index contributed by atoms with van der Waals surface area (Å²) >= 11 is 0. The molecule has 0 saturated heterocycles. The highest BCUT2D eigenvalue weighted by Crippen LogP contribution is 2.30. The fraction of sp³-hybridized carbons (Fsp3) is 0.435. The van der Waals surface area contributed by atoms with Gasteiger partial charge in [0.15, 0.2) is 0 Å². The predicted octanol–water partition coefficient (Wildman–Crippen LogP) is 6.60. The maximum Gasteiger partial charge on any atom is 0.0471 e. The van der Waals surface area contributed by atoms with Gasteiger partial charge in [-0.15, -0.1) is 0 Å². The Bertz CT molecular complexity index is 635. The minimum Gasteiger partial charge on any atom is -0.267 e. The van der Waals surface area contributed by atoms with Crippen molar-refractivity contribution in [2.75, 3.05) is 0 Å². The summed E-state index contributed by atoms with van der Waals surface area (Å²) in [5.74, 6) is 0.249. The summed E-state index contributed by atoms with van der Waals surface area (Å²) in [6.07, 6.45) is 11.0. The summed E-state index contributed by atoms with van der Waals surface area (Å²) in [5, 5.41) is 6.36. The van der Waals surface area contributed by atoms with E-state index in [1.165, 1.54) is 28.8 Å². The summed E-state index contributed by atoms with van der Waals surface area (Å²) in [6.45, 7) is 16.9. The molecule has 0 spiro atoms. The number of hydrogen-bond acceptors (Lipinski definition) is 2. The standard InChI is InChI=1S/C23H34N2/c1-8-9-10-11-12-16-20(5)23(25(24-7)18(2)3)21(6)22-17-14-13-15-19(22)4/h10-18,20H,7-9H2,1-6H3/b11-10-,16-12-,23-21+. The molecule has 2 heteroatoms. The first-order valence-corrected chi connectivity index (χ1v) is 9.29. The summed E-state index contributed by atoms with van der Waals surface area (Å²) in [5.41, 5.74) is 5.02. The number of unbranched alkanes of at least 4 members (excludes halogenated alkanes) is 1. The van der Waals surface area contributed by atoms with Crippen molar-refractivity contribution in [1.82, 2.24) is 5.01 Å². The first-order chi connectivity index (χ1) is 11.9. The molecule has 1 aromatic carbocycles. The number of hydrazone groups is 1. The normalized spacial score (nSPS) is 14.2. The Kier molecular flexibility index (Phi) is 8.98. The van der Waals surface area contributed by atoms with Crippen LogP contribution in [0.4, 0.5) is 0 Å². The Morgan fingerprint density at radius 3 is 2.44 bits per heavy atom. The molecule has 2 nitrogen and oxygen atoms in total. The van der Waals surface area contributed by atoms with E-state index in [1.54, 1.807) is 0 Å². The fourth-order valence-electron chi connectivity index (χ4n) is 3.03. The molecule has 1 aromatic rings. The second-order valence-corrected chi connectivity index (χ2v) is 6.80. The van der Waals surface area contributed by atoms with Crippen molar-refractivity contribution >= 4 is 12.3 Å². The lowest BCUT2D eigenvalue weighted by atomic mass is 9.94. The minimum atomic E-state index is 0.249. The molecular weight excluding hydrogens is 304 g/mol. The molecule has 0 aliphatic rings. The van der Waals surface area contributed by atoms with Crippen LogP contribution in [0.15, 0.2) is 59.4 Å². The van der Waals surface area contributed by atoms with Gasteiger partial charge in [-0.1, -0.05) is 68.8 Å². The quantitative estimate of drug-likeness (QED) is 0.281. The number of allylic oxidation sites excluding steroid dienone is 5. The Balaban J connectivity index is 3.32. The predicted molar refractivity (Wildman–Crippen MR) is 113 cm³/mol. The van der Waals surface area contributed by atoms with E-state index in [9.17, 15) is 0 Å². The molecule has 1 atom stereocenters. The number of hydrogen-bond donors (Lipinski definition) is 0. The molecule has 0 amide bonds. The smallest absolute Gasteiger partial charge is 0.0471 e. The number of nitrogens with zero attached hydrogens (tertiary/aromatic N) is 2. The first-order valence-electron chi connectivity index (χ1n) is 9.29. The monoisotopic (exact) mass is 338 g/mol. The van der Waals surface area contributed by atoms with Crippen LogP contribution >= 0.6 is 0 Å². The van der Waals surface area contributed by atoms with E-state index in [1.807, 2.05) is 5.01 Å². The van der Waals surface area contributed by atoms with E-state index in [-0.39, 0.29) is 12.0 Å². The lowest BCUT2D eigenvalue weighted by Gasteiger charge is -2.31. The zero-order chi connectivity index (χ0) is 18.8. The highest BCUT2D eigenvalue weighted by Gasteiger charge is 2.20. The third-order valence-electron chi connectivity index (χ3n) is 4.36. The lowest BCUT2D eigenvalue weighted by Crippen LogP contribution is -2.28. The number of aryl methyl sites for hydroxylation is 1. The molecule has 0 aliphatic heterocycles. The Labute approximate surface area is 154 Å². The van der Waals surface area contributed by atoms with Crippen molar-refractivity contribution in [3.63, 3.8) is 0 Å². The fourth-order valence-corrected chi connectivity index (χ4v) is 3.03. The van der Waals surface area contributed by atoms with Gasteiger partial charge in [-0.25, -0.2) is 0 Å². The van der Waals surface area contributed by atoms with Crippen LogP contribution in [0.1, 0.15) is 58.6 Å². The summed E-state index contributed by atoms with van der Waals surface area (Å²) < 4.78 is 0. The van der Waals surface area contributed by atoms with Crippen LogP contribution in [0.3, 0.4) is 0 Å². The average molecular weight is 339 g/mol. The molecule has 1 unspecified atom stereocenters. The van der Waals surface area contributed by atoms with Gasteiger partial charge in [0.25, 0.3) is 0 Å². The van der Waals surface area contributed by atoms with Crippen LogP contribution in [0.2, 0.25) is 0 Å². The molecule has 0 radical (unpaired) electrons. The van der Waals surface area contributed by atoms with Crippen LogP contribution in [-0.2, 0) is 0 Å². The minimum absolute atomic E-state index is 0.249. The van der Waals surface area contributed by atoms with Crippen LogP contribution in [0.5, 0.6) is 0 Å². The van der Waals surface area contributed by atoms with Crippen LogP contribution in [0.25, 0.3) is 5.57 Å². The molecule has 0 N–H and O–H groups in total. The summed E-state index contributed by atoms with van der Waals surface area (Å²) in [7, 11) is 0. The SMILES string of the molecule is C=NN(/C(=C(\C)c1ccccc1C)C(C)/C=C\C=C/CCC)C(C)C. The second kappa shape index (κ2) is 10.7. The number of benzene rings is 1. The van der Waals surface area contributed by atoms with Crippen molar-refractivity contribution in [2.24, 2.45) is 11.0 Å². The summed E-state index contributed by atoms with van der Waals surface area (Å²) in [6, 6.07) is 8.78. The highest BCUT2D eigenvalue weighted by molar-refractivity contribution is 5.69. The topological polar surface area (TPSA) is 15.6 Å².